The summed E-state index contributed by atoms with van der Waals surface area (Å²) in [6, 6.07) is 5.99. The number of para-hydroxylation sites is 1. The van der Waals surface area contributed by atoms with E-state index >= 15 is 0 Å². The molecular formula is C15H21NO3S. The standard InChI is InChI=1S/C15H21NO3S/c1-3-11-6-5-7-12(4-2)14(11)16-15(17)13-8-9-20(18,19)10-13/h5-7,13H,3-4,8-10H2,1-2H3,(H,16,17)/t13-/m1/s1. The minimum absolute atomic E-state index is 0.0193. The smallest absolute Gasteiger partial charge is 0.228 e. The molecule has 4 nitrogen and oxygen atoms in total. The van der Waals surface area contributed by atoms with Gasteiger partial charge in [-0.2, -0.15) is 0 Å². The molecule has 1 heterocycles. The molecule has 1 saturated heterocycles. The van der Waals surface area contributed by atoms with Gasteiger partial charge >= 0.3 is 0 Å². The van der Waals surface area contributed by atoms with Crippen LogP contribution >= 0.6 is 0 Å². The molecule has 1 aliphatic rings. The number of carbonyl (C=O) groups excluding carboxylic acids is 1. The van der Waals surface area contributed by atoms with E-state index in [2.05, 4.69) is 5.32 Å². The molecule has 1 aliphatic heterocycles. The van der Waals surface area contributed by atoms with Crippen molar-refractivity contribution in [2.75, 3.05) is 16.8 Å². The summed E-state index contributed by atoms with van der Waals surface area (Å²) in [4.78, 5) is 12.3. The van der Waals surface area contributed by atoms with Gasteiger partial charge in [-0.25, -0.2) is 8.42 Å². The lowest BCUT2D eigenvalue weighted by molar-refractivity contribution is -0.119. The Morgan fingerprint density at radius 3 is 2.30 bits per heavy atom. The van der Waals surface area contributed by atoms with Crippen molar-refractivity contribution in [3.8, 4) is 0 Å². The minimum atomic E-state index is -3.02. The first kappa shape index (κ1) is 15.0. The molecule has 1 amide bonds. The van der Waals surface area contributed by atoms with E-state index in [0.717, 1.165) is 29.7 Å². The number of rotatable bonds is 4. The number of hydrogen-bond donors (Lipinski definition) is 1. The Morgan fingerprint density at radius 1 is 1.25 bits per heavy atom. The third kappa shape index (κ3) is 3.20. The molecule has 1 aromatic rings. The summed E-state index contributed by atoms with van der Waals surface area (Å²) >= 11 is 0. The first-order valence-corrected chi connectivity index (χ1v) is 8.91. The van der Waals surface area contributed by atoms with Crippen molar-refractivity contribution < 1.29 is 13.2 Å². The Labute approximate surface area is 120 Å². The average molecular weight is 295 g/mol. The van der Waals surface area contributed by atoms with Crippen molar-refractivity contribution >= 4 is 21.4 Å². The maximum atomic E-state index is 12.3. The number of anilines is 1. The van der Waals surface area contributed by atoms with Gasteiger partial charge in [0.25, 0.3) is 0 Å². The van der Waals surface area contributed by atoms with E-state index in [1.807, 2.05) is 32.0 Å². The van der Waals surface area contributed by atoms with Gasteiger partial charge in [-0.1, -0.05) is 32.0 Å². The van der Waals surface area contributed by atoms with Crippen LogP contribution < -0.4 is 5.32 Å². The second-order valence-electron chi connectivity index (χ2n) is 5.25. The third-order valence-electron chi connectivity index (χ3n) is 3.85. The van der Waals surface area contributed by atoms with E-state index in [4.69, 9.17) is 0 Å². The van der Waals surface area contributed by atoms with Crippen LogP contribution in [0.1, 0.15) is 31.4 Å². The van der Waals surface area contributed by atoms with E-state index in [-0.39, 0.29) is 17.4 Å². The van der Waals surface area contributed by atoms with Crippen LogP contribution in [0.2, 0.25) is 0 Å². The van der Waals surface area contributed by atoms with Crippen LogP contribution in [0.3, 0.4) is 0 Å². The molecule has 0 unspecified atom stereocenters. The highest BCUT2D eigenvalue weighted by atomic mass is 32.2. The highest BCUT2D eigenvalue weighted by Gasteiger charge is 2.33. The lowest BCUT2D eigenvalue weighted by atomic mass is 10.0. The molecule has 0 saturated carbocycles. The number of nitrogens with one attached hydrogen (secondary N) is 1. The molecule has 1 atom stereocenters. The highest BCUT2D eigenvalue weighted by molar-refractivity contribution is 7.91. The number of amides is 1. The molecule has 0 aromatic heterocycles. The first-order valence-electron chi connectivity index (χ1n) is 7.09. The van der Waals surface area contributed by atoms with Crippen LogP contribution in [0.4, 0.5) is 5.69 Å². The number of hydrogen-bond acceptors (Lipinski definition) is 3. The predicted octanol–water partition coefficient (Wildman–Crippen LogP) is 2.18. The maximum Gasteiger partial charge on any atom is 0.228 e. The largest absolute Gasteiger partial charge is 0.325 e. The normalized spacial score (nSPS) is 20.8. The first-order chi connectivity index (χ1) is 9.46. The van der Waals surface area contributed by atoms with Gasteiger partial charge in [-0.3, -0.25) is 4.79 Å². The van der Waals surface area contributed by atoms with Gasteiger partial charge in [-0.15, -0.1) is 0 Å². The predicted molar refractivity (Wildman–Crippen MR) is 80.6 cm³/mol. The minimum Gasteiger partial charge on any atom is -0.325 e. The van der Waals surface area contributed by atoms with Gasteiger partial charge < -0.3 is 5.32 Å². The van der Waals surface area contributed by atoms with Crippen LogP contribution in [-0.4, -0.2) is 25.8 Å². The monoisotopic (exact) mass is 295 g/mol. The summed E-state index contributed by atoms with van der Waals surface area (Å²) in [7, 11) is -3.02. The van der Waals surface area contributed by atoms with E-state index in [0.29, 0.717) is 6.42 Å². The van der Waals surface area contributed by atoms with Crippen LogP contribution in [0, 0.1) is 5.92 Å². The zero-order chi connectivity index (χ0) is 14.8. The summed E-state index contributed by atoms with van der Waals surface area (Å²) in [5.41, 5.74) is 3.06. The molecule has 1 N–H and O–H groups in total. The van der Waals surface area contributed by atoms with Crippen LogP contribution in [-0.2, 0) is 27.5 Å². The summed E-state index contributed by atoms with van der Waals surface area (Å²) in [5, 5.41) is 2.96. The highest BCUT2D eigenvalue weighted by Crippen LogP contribution is 2.25. The Balaban J connectivity index is 2.20. The summed E-state index contributed by atoms with van der Waals surface area (Å²) < 4.78 is 22.9. The molecule has 0 bridgehead atoms. The summed E-state index contributed by atoms with van der Waals surface area (Å²) in [6.07, 6.45) is 2.11. The third-order valence-corrected chi connectivity index (χ3v) is 5.62. The Kier molecular flexibility index (Phi) is 4.48. The van der Waals surface area contributed by atoms with Gasteiger partial charge in [0.05, 0.1) is 17.4 Å². The zero-order valence-corrected chi connectivity index (χ0v) is 12.8. The van der Waals surface area contributed by atoms with Gasteiger partial charge in [0.2, 0.25) is 5.91 Å². The average Bonchev–Trinajstić information content (AvgIpc) is 2.79. The molecule has 110 valence electrons. The van der Waals surface area contributed by atoms with Gasteiger partial charge in [0.15, 0.2) is 9.84 Å². The quantitative estimate of drug-likeness (QED) is 0.926. The molecule has 1 fully saturated rings. The van der Waals surface area contributed by atoms with Crippen molar-refractivity contribution in [2.24, 2.45) is 5.92 Å². The van der Waals surface area contributed by atoms with Gasteiger partial charge in [-0.05, 0) is 30.4 Å². The Hall–Kier alpha value is -1.36. The molecule has 1 aromatic carbocycles. The summed E-state index contributed by atoms with van der Waals surface area (Å²) in [6.45, 7) is 4.09. The SMILES string of the molecule is CCc1cccc(CC)c1NC(=O)[C@@H]1CCS(=O)(=O)C1. The maximum absolute atomic E-state index is 12.3. The van der Waals surface area contributed by atoms with Crippen molar-refractivity contribution in [3.63, 3.8) is 0 Å². The summed E-state index contributed by atoms with van der Waals surface area (Å²) in [5.74, 6) is -0.466. The van der Waals surface area contributed by atoms with Crippen LogP contribution in [0.5, 0.6) is 0 Å². The van der Waals surface area contributed by atoms with Crippen molar-refractivity contribution in [2.45, 2.75) is 33.1 Å². The fraction of sp³-hybridized carbons (Fsp3) is 0.533. The topological polar surface area (TPSA) is 63.2 Å². The lowest BCUT2D eigenvalue weighted by Gasteiger charge is -2.16. The Morgan fingerprint density at radius 2 is 1.85 bits per heavy atom. The number of sulfone groups is 1. The molecule has 2 rings (SSSR count). The fourth-order valence-corrected chi connectivity index (χ4v) is 4.37. The molecule has 5 heteroatoms. The Bertz CT molecular complexity index is 585. The second kappa shape index (κ2) is 5.95. The van der Waals surface area contributed by atoms with Gasteiger partial charge in [0.1, 0.15) is 0 Å². The number of aryl methyl sites for hydroxylation is 2. The lowest BCUT2D eigenvalue weighted by Crippen LogP contribution is -2.25. The number of benzene rings is 1. The second-order valence-corrected chi connectivity index (χ2v) is 7.48. The molecule has 0 radical (unpaired) electrons. The van der Waals surface area contributed by atoms with Crippen molar-refractivity contribution in [1.29, 1.82) is 0 Å². The molecule has 0 aliphatic carbocycles. The van der Waals surface area contributed by atoms with E-state index in [9.17, 15) is 13.2 Å². The number of carbonyl (C=O) groups is 1. The van der Waals surface area contributed by atoms with E-state index < -0.39 is 15.8 Å². The fourth-order valence-electron chi connectivity index (χ4n) is 2.63. The molecule has 0 spiro atoms. The van der Waals surface area contributed by atoms with Crippen LogP contribution in [0.15, 0.2) is 18.2 Å². The molecular weight excluding hydrogens is 274 g/mol. The van der Waals surface area contributed by atoms with E-state index in [1.54, 1.807) is 0 Å². The molecule has 20 heavy (non-hydrogen) atoms. The van der Waals surface area contributed by atoms with Crippen molar-refractivity contribution in [1.82, 2.24) is 0 Å². The van der Waals surface area contributed by atoms with E-state index in [1.165, 1.54) is 0 Å². The van der Waals surface area contributed by atoms with Gasteiger partial charge in [0, 0.05) is 5.69 Å². The zero-order valence-electron chi connectivity index (χ0n) is 12.0. The van der Waals surface area contributed by atoms with Crippen LogP contribution in [0.25, 0.3) is 0 Å². The van der Waals surface area contributed by atoms with Crippen molar-refractivity contribution in [3.05, 3.63) is 29.3 Å².